The summed E-state index contributed by atoms with van der Waals surface area (Å²) in [4.78, 5) is 17.9. The van der Waals surface area contributed by atoms with E-state index in [0.29, 0.717) is 22.8 Å². The van der Waals surface area contributed by atoms with Crippen molar-refractivity contribution in [3.05, 3.63) is 66.1 Å². The molecule has 7 heteroatoms. The first-order valence-electron chi connectivity index (χ1n) is 11.1. The van der Waals surface area contributed by atoms with Gasteiger partial charge in [0.25, 0.3) is 0 Å². The summed E-state index contributed by atoms with van der Waals surface area (Å²) in [5.41, 5.74) is 7.65. The van der Waals surface area contributed by atoms with Gasteiger partial charge in [0.15, 0.2) is 5.82 Å². The van der Waals surface area contributed by atoms with Gasteiger partial charge in [-0.25, -0.2) is 19.9 Å². The Kier molecular flexibility index (Phi) is 4.69. The number of rotatable bonds is 4. The average molecular weight is 425 g/mol. The molecule has 4 aromatic rings. The number of nitrogens with zero attached hydrogens (tertiary/aromatic N) is 4. The largest absolute Gasteiger partial charge is 0.393 e. The van der Waals surface area contributed by atoms with Crippen molar-refractivity contribution in [2.45, 2.75) is 44.2 Å². The summed E-state index contributed by atoms with van der Waals surface area (Å²) < 4.78 is 0. The van der Waals surface area contributed by atoms with Crippen LogP contribution in [-0.4, -0.2) is 37.2 Å². The Hall–Kier alpha value is -3.58. The molecule has 0 saturated heterocycles. The van der Waals surface area contributed by atoms with Gasteiger partial charge in [0.1, 0.15) is 17.4 Å². The zero-order valence-corrected chi connectivity index (χ0v) is 17.6. The summed E-state index contributed by atoms with van der Waals surface area (Å²) in [5.74, 6) is 1.23. The molecule has 0 radical (unpaired) electrons. The Morgan fingerprint density at radius 2 is 1.72 bits per heavy atom. The minimum Gasteiger partial charge on any atom is -0.393 e. The summed E-state index contributed by atoms with van der Waals surface area (Å²) in [6.07, 6.45) is 7.47. The van der Waals surface area contributed by atoms with Crippen LogP contribution < -0.4 is 10.6 Å². The first-order chi connectivity index (χ1) is 15.7. The maximum Gasteiger partial charge on any atom is 0.223 e. The second kappa shape index (κ2) is 7.84. The quantitative estimate of drug-likeness (QED) is 0.392. The molecule has 0 aliphatic heterocycles. The van der Waals surface area contributed by atoms with Crippen LogP contribution in [0.5, 0.6) is 0 Å². The molecule has 1 saturated carbocycles. The third kappa shape index (κ3) is 3.54. The van der Waals surface area contributed by atoms with Crippen LogP contribution in [-0.2, 0) is 6.42 Å². The van der Waals surface area contributed by atoms with Gasteiger partial charge in [0.2, 0.25) is 5.95 Å². The number of aliphatic hydroxyl groups excluding tert-OH is 1. The lowest BCUT2D eigenvalue weighted by molar-refractivity contribution is 0.126. The van der Waals surface area contributed by atoms with Gasteiger partial charge in [0, 0.05) is 11.7 Å². The summed E-state index contributed by atoms with van der Waals surface area (Å²) in [6, 6.07) is 15.3. The van der Waals surface area contributed by atoms with Crippen LogP contribution >= 0.6 is 0 Å². The Morgan fingerprint density at radius 1 is 0.875 bits per heavy atom. The van der Waals surface area contributed by atoms with Crippen LogP contribution in [0.4, 0.5) is 17.5 Å². The molecule has 2 aliphatic rings. The van der Waals surface area contributed by atoms with Crippen molar-refractivity contribution in [1.29, 1.82) is 0 Å². The molecule has 2 heterocycles. The molecule has 0 spiro atoms. The molecule has 1 fully saturated rings. The lowest BCUT2D eigenvalue weighted by Crippen LogP contribution is -2.28. The van der Waals surface area contributed by atoms with Gasteiger partial charge < -0.3 is 15.7 Å². The van der Waals surface area contributed by atoms with Crippen LogP contribution in [0.3, 0.4) is 0 Å². The molecule has 6 rings (SSSR count). The highest BCUT2D eigenvalue weighted by Gasteiger charge is 2.21. The predicted octanol–water partition coefficient (Wildman–Crippen LogP) is 4.45. The van der Waals surface area contributed by atoms with Crippen molar-refractivity contribution in [3.8, 4) is 11.1 Å². The highest BCUT2D eigenvalue weighted by atomic mass is 16.3. The van der Waals surface area contributed by atoms with Crippen molar-refractivity contribution < 1.29 is 5.11 Å². The Bertz CT molecular complexity index is 1300. The molecular formula is C25H24N6O. The molecule has 0 atom stereocenters. The second-order valence-corrected chi connectivity index (χ2v) is 8.63. The maximum atomic E-state index is 9.74. The predicted molar refractivity (Wildman–Crippen MR) is 125 cm³/mol. The van der Waals surface area contributed by atoms with E-state index in [9.17, 15) is 5.11 Å². The van der Waals surface area contributed by atoms with Gasteiger partial charge in [-0.1, -0.05) is 30.3 Å². The fourth-order valence-electron chi connectivity index (χ4n) is 4.78. The molecule has 2 aromatic heterocycles. The number of aromatic nitrogens is 4. The van der Waals surface area contributed by atoms with Crippen molar-refractivity contribution in [2.24, 2.45) is 0 Å². The minimum atomic E-state index is -0.185. The van der Waals surface area contributed by atoms with Crippen molar-refractivity contribution >= 4 is 28.5 Å². The van der Waals surface area contributed by atoms with Crippen LogP contribution in [0.15, 0.2) is 55.0 Å². The molecule has 0 amide bonds. The van der Waals surface area contributed by atoms with E-state index in [1.165, 1.54) is 28.6 Å². The summed E-state index contributed by atoms with van der Waals surface area (Å²) in [7, 11) is 0. The van der Waals surface area contributed by atoms with Crippen LogP contribution in [0.1, 0.15) is 36.8 Å². The first-order valence-corrected chi connectivity index (χ1v) is 11.1. The van der Waals surface area contributed by atoms with E-state index in [-0.39, 0.29) is 12.1 Å². The molecule has 7 nitrogen and oxygen atoms in total. The number of aliphatic hydroxyl groups is 1. The number of fused-ring (bicyclic) bond motifs is 4. The number of hydrogen-bond acceptors (Lipinski definition) is 7. The van der Waals surface area contributed by atoms with Gasteiger partial charge in [-0.2, -0.15) is 0 Å². The Balaban J connectivity index is 1.27. The summed E-state index contributed by atoms with van der Waals surface area (Å²) in [5, 5.41) is 16.6. The number of nitrogens with one attached hydrogen (secondary N) is 2. The zero-order chi connectivity index (χ0) is 21.5. The van der Waals surface area contributed by atoms with Gasteiger partial charge in [-0.05, 0) is 66.5 Å². The first kappa shape index (κ1) is 19.1. The number of hydrogen-bond donors (Lipinski definition) is 3. The standard InChI is InChI=1S/C25H24N6O/c32-19-8-5-17(6-9-19)30-25-26-13-22-23(31-25)24(28-14-27-22)29-18-7-10-21-16(12-18)11-15-3-1-2-4-20(15)21/h1-4,7,10,12-14,17,19,32H,5-6,8-9,11H2,(H,26,30,31)(H,27,28,29). The summed E-state index contributed by atoms with van der Waals surface area (Å²) in [6.45, 7) is 0. The lowest BCUT2D eigenvalue weighted by Gasteiger charge is -2.26. The third-order valence-corrected chi connectivity index (χ3v) is 6.46. The van der Waals surface area contributed by atoms with Gasteiger partial charge >= 0.3 is 0 Å². The molecule has 32 heavy (non-hydrogen) atoms. The molecule has 2 aliphatic carbocycles. The van der Waals surface area contributed by atoms with E-state index < -0.39 is 0 Å². The lowest BCUT2D eigenvalue weighted by atomic mass is 9.93. The number of benzene rings is 2. The highest BCUT2D eigenvalue weighted by Crippen LogP contribution is 2.38. The van der Waals surface area contributed by atoms with Crippen molar-refractivity contribution in [2.75, 3.05) is 10.6 Å². The van der Waals surface area contributed by atoms with Crippen LogP contribution in [0.2, 0.25) is 0 Å². The Morgan fingerprint density at radius 3 is 2.62 bits per heavy atom. The van der Waals surface area contributed by atoms with Crippen molar-refractivity contribution in [3.63, 3.8) is 0 Å². The fourth-order valence-corrected chi connectivity index (χ4v) is 4.78. The summed E-state index contributed by atoms with van der Waals surface area (Å²) >= 11 is 0. The van der Waals surface area contributed by atoms with Gasteiger partial charge in [-0.15, -0.1) is 0 Å². The molecule has 3 N–H and O–H groups in total. The monoisotopic (exact) mass is 424 g/mol. The van der Waals surface area contributed by atoms with Crippen molar-refractivity contribution in [1.82, 2.24) is 19.9 Å². The molecule has 0 bridgehead atoms. The SMILES string of the molecule is OC1CCC(Nc2ncc3ncnc(Nc4ccc5c(c4)Cc4ccccc4-5)c3n2)CC1. The maximum absolute atomic E-state index is 9.74. The van der Waals surface area contributed by atoms with E-state index in [2.05, 4.69) is 68.1 Å². The topological polar surface area (TPSA) is 95.9 Å². The Labute approximate surface area is 186 Å². The fraction of sp³-hybridized carbons (Fsp3) is 0.280. The smallest absolute Gasteiger partial charge is 0.223 e. The van der Waals surface area contributed by atoms with Gasteiger partial charge in [0.05, 0.1) is 12.3 Å². The number of anilines is 3. The highest BCUT2D eigenvalue weighted by molar-refractivity contribution is 5.88. The third-order valence-electron chi connectivity index (χ3n) is 6.46. The zero-order valence-electron chi connectivity index (χ0n) is 17.6. The van der Waals surface area contributed by atoms with E-state index >= 15 is 0 Å². The normalized spacial score (nSPS) is 19.4. The molecule has 0 unspecified atom stereocenters. The molecule has 2 aromatic carbocycles. The van der Waals surface area contributed by atoms with E-state index in [1.54, 1.807) is 6.20 Å². The molecular weight excluding hydrogens is 400 g/mol. The van der Waals surface area contributed by atoms with Gasteiger partial charge in [-0.3, -0.25) is 0 Å². The van der Waals surface area contributed by atoms with E-state index in [4.69, 9.17) is 4.98 Å². The van der Waals surface area contributed by atoms with Crippen LogP contribution in [0.25, 0.3) is 22.2 Å². The van der Waals surface area contributed by atoms with Crippen LogP contribution in [0, 0.1) is 0 Å². The average Bonchev–Trinajstić information content (AvgIpc) is 3.19. The molecule has 160 valence electrons. The minimum absolute atomic E-state index is 0.185. The second-order valence-electron chi connectivity index (χ2n) is 8.63. The van der Waals surface area contributed by atoms with E-state index in [0.717, 1.165) is 37.8 Å². The van der Waals surface area contributed by atoms with E-state index in [1.807, 2.05) is 0 Å².